The number of aromatic nitrogens is 1. The topological polar surface area (TPSA) is 17.3 Å². The fraction of sp³-hybridized carbons (Fsp3) is 0.108. The molecular weight excluding hydrogens is 504 g/mol. The highest BCUT2D eigenvalue weighted by Gasteiger charge is 2.34. The minimum Gasteiger partial charge on any atom is -0.307 e. The second-order valence-corrected chi connectivity index (χ2v) is 12.2. The number of fused-ring (bicyclic) bond motifs is 10. The molecule has 5 aromatic carbocycles. The lowest BCUT2D eigenvalue weighted by atomic mass is 9.91. The lowest BCUT2D eigenvalue weighted by Crippen LogP contribution is -2.06. The molecule has 1 aliphatic carbocycles. The van der Waals surface area contributed by atoms with Gasteiger partial charge in [-0.25, -0.2) is 0 Å². The minimum absolute atomic E-state index is 0.451. The fourth-order valence-electron chi connectivity index (χ4n) is 7.03. The van der Waals surface area contributed by atoms with Crippen molar-refractivity contribution in [1.82, 2.24) is 4.57 Å². The van der Waals surface area contributed by atoms with Crippen molar-refractivity contribution in [3.63, 3.8) is 0 Å². The maximum Gasteiger partial charge on any atom is 0.0680 e. The number of benzene rings is 5. The molecule has 0 N–H and O–H groups in total. The Morgan fingerprint density at radius 3 is 2.45 bits per heavy atom. The van der Waals surface area contributed by atoms with Crippen molar-refractivity contribution in [2.24, 2.45) is 4.99 Å². The first kappa shape index (κ1) is 22.5. The summed E-state index contributed by atoms with van der Waals surface area (Å²) in [5.74, 6) is 0.451. The van der Waals surface area contributed by atoms with Gasteiger partial charge in [0.1, 0.15) is 0 Å². The molecule has 0 amide bonds. The van der Waals surface area contributed by atoms with Crippen molar-refractivity contribution < 1.29 is 0 Å². The van der Waals surface area contributed by atoms with E-state index in [9.17, 15) is 0 Å². The summed E-state index contributed by atoms with van der Waals surface area (Å²) in [4.78, 5) is 6.15. The SMILES string of the molecule is C1=CC2c3ccc4c5c(n(-c6ccc(-c7cc8ccccc8c8ccccc78)cc6)c4c3S[C@H]2C=C1)C=NCC5. The third-order valence-corrected chi connectivity index (χ3v) is 10.3. The van der Waals surface area contributed by atoms with Gasteiger partial charge in [0.25, 0.3) is 0 Å². The third kappa shape index (κ3) is 3.16. The van der Waals surface area contributed by atoms with Crippen LogP contribution in [0.5, 0.6) is 0 Å². The summed E-state index contributed by atoms with van der Waals surface area (Å²) < 4.78 is 2.48. The molecule has 0 radical (unpaired) electrons. The Bertz CT molecular complexity index is 2090. The number of rotatable bonds is 2. The highest BCUT2D eigenvalue weighted by molar-refractivity contribution is 8.00. The van der Waals surface area contributed by atoms with Crippen molar-refractivity contribution >= 4 is 50.4 Å². The minimum atomic E-state index is 0.451. The van der Waals surface area contributed by atoms with E-state index in [2.05, 4.69) is 126 Å². The molecule has 3 heterocycles. The maximum absolute atomic E-state index is 4.72. The van der Waals surface area contributed by atoms with Gasteiger partial charge in [-0.05, 0) is 68.4 Å². The molecule has 2 atom stereocenters. The van der Waals surface area contributed by atoms with Crippen LogP contribution in [0.3, 0.4) is 0 Å². The van der Waals surface area contributed by atoms with Crippen molar-refractivity contribution in [3.8, 4) is 16.8 Å². The molecule has 190 valence electrons. The largest absolute Gasteiger partial charge is 0.307 e. The number of nitrogens with zero attached hydrogens (tertiary/aromatic N) is 2. The zero-order chi connectivity index (χ0) is 26.2. The van der Waals surface area contributed by atoms with E-state index in [1.165, 1.54) is 71.0 Å². The van der Waals surface area contributed by atoms with E-state index in [1.54, 1.807) is 0 Å². The Hall–Kier alpha value is -4.34. The molecule has 2 aliphatic heterocycles. The molecule has 1 unspecified atom stereocenters. The second kappa shape index (κ2) is 8.58. The van der Waals surface area contributed by atoms with Crippen LogP contribution >= 0.6 is 11.8 Å². The maximum atomic E-state index is 4.72. The highest BCUT2D eigenvalue weighted by atomic mass is 32.2. The Balaban J connectivity index is 1.25. The second-order valence-electron chi connectivity index (χ2n) is 11.0. The van der Waals surface area contributed by atoms with Crippen LogP contribution in [0, 0.1) is 0 Å². The van der Waals surface area contributed by atoms with E-state index >= 15 is 0 Å². The van der Waals surface area contributed by atoms with E-state index in [4.69, 9.17) is 4.99 Å². The molecule has 0 bridgehead atoms. The summed E-state index contributed by atoms with van der Waals surface area (Å²) in [6.07, 6.45) is 12.2. The lowest BCUT2D eigenvalue weighted by Gasteiger charge is -2.15. The molecule has 1 aromatic heterocycles. The molecule has 0 spiro atoms. The van der Waals surface area contributed by atoms with Gasteiger partial charge in [-0.15, -0.1) is 11.8 Å². The summed E-state index contributed by atoms with van der Waals surface area (Å²) in [5.41, 5.74) is 9.19. The molecule has 0 saturated heterocycles. The summed E-state index contributed by atoms with van der Waals surface area (Å²) in [6, 6.07) is 33.8. The first-order chi connectivity index (χ1) is 19.8. The molecule has 3 aliphatic rings. The summed E-state index contributed by atoms with van der Waals surface area (Å²) in [7, 11) is 0. The smallest absolute Gasteiger partial charge is 0.0680 e. The number of thioether (sulfide) groups is 1. The van der Waals surface area contributed by atoms with Crippen molar-refractivity contribution in [1.29, 1.82) is 0 Å². The van der Waals surface area contributed by atoms with Gasteiger partial charge >= 0.3 is 0 Å². The Kier molecular flexibility index (Phi) is 4.82. The molecule has 0 fully saturated rings. The van der Waals surface area contributed by atoms with Crippen molar-refractivity contribution in [2.75, 3.05) is 6.54 Å². The van der Waals surface area contributed by atoms with Crippen LogP contribution in [0.2, 0.25) is 0 Å². The average molecular weight is 531 g/mol. The van der Waals surface area contributed by atoms with Gasteiger partial charge in [0.05, 0.1) is 11.2 Å². The number of hydrogen-bond donors (Lipinski definition) is 0. The molecule has 9 rings (SSSR count). The van der Waals surface area contributed by atoms with Gasteiger partial charge in [0, 0.05) is 39.9 Å². The number of allylic oxidation sites excluding steroid dienone is 3. The van der Waals surface area contributed by atoms with Crippen LogP contribution < -0.4 is 0 Å². The first-order valence-corrected chi connectivity index (χ1v) is 15.0. The van der Waals surface area contributed by atoms with Gasteiger partial charge in [-0.1, -0.05) is 97.1 Å². The van der Waals surface area contributed by atoms with Crippen LogP contribution in [-0.2, 0) is 6.42 Å². The standard InChI is InChI=1S/C37H26N2S/c1-2-8-26-24(7-1)21-33(28-10-4-3-9-27(26)28)23-13-15-25(16-14-23)39-34-22-38-20-19-29(34)31-17-18-32-30-11-5-6-12-35(30)40-37(32)36(31)39/h1-18,21-22,30,35H,19-20H2/t30?,35-/m0/s1. The highest BCUT2D eigenvalue weighted by Crippen LogP contribution is 2.52. The van der Waals surface area contributed by atoms with E-state index in [1.807, 2.05) is 11.8 Å². The summed E-state index contributed by atoms with van der Waals surface area (Å²) in [6.45, 7) is 0.862. The predicted octanol–water partition coefficient (Wildman–Crippen LogP) is 9.26. The van der Waals surface area contributed by atoms with Crippen LogP contribution in [0.15, 0.2) is 125 Å². The molecule has 0 saturated carbocycles. The Morgan fingerprint density at radius 2 is 1.55 bits per heavy atom. The van der Waals surface area contributed by atoms with Gasteiger partial charge in [-0.2, -0.15) is 0 Å². The van der Waals surface area contributed by atoms with Crippen LogP contribution in [0.4, 0.5) is 0 Å². The third-order valence-electron chi connectivity index (χ3n) is 8.87. The molecular formula is C37H26N2S. The van der Waals surface area contributed by atoms with Gasteiger partial charge in [0.2, 0.25) is 0 Å². The quantitative estimate of drug-likeness (QED) is 0.204. The fourth-order valence-corrected chi connectivity index (χ4v) is 8.50. The molecule has 3 heteroatoms. The summed E-state index contributed by atoms with van der Waals surface area (Å²) >= 11 is 2.02. The van der Waals surface area contributed by atoms with Gasteiger partial charge in [-0.3, -0.25) is 4.99 Å². The first-order valence-electron chi connectivity index (χ1n) is 14.1. The van der Waals surface area contributed by atoms with Crippen LogP contribution in [-0.4, -0.2) is 22.6 Å². The number of aliphatic imine (C=N–C) groups is 1. The Labute approximate surface area is 237 Å². The molecule has 40 heavy (non-hydrogen) atoms. The van der Waals surface area contributed by atoms with E-state index in [0.717, 1.165) is 13.0 Å². The lowest BCUT2D eigenvalue weighted by molar-refractivity contribution is 0.881. The van der Waals surface area contributed by atoms with Crippen LogP contribution in [0.25, 0.3) is 49.3 Å². The molecule has 2 nitrogen and oxygen atoms in total. The van der Waals surface area contributed by atoms with Crippen LogP contribution in [0.1, 0.15) is 22.7 Å². The summed E-state index contributed by atoms with van der Waals surface area (Å²) in [5, 5.41) is 7.03. The van der Waals surface area contributed by atoms with E-state index < -0.39 is 0 Å². The zero-order valence-corrected chi connectivity index (χ0v) is 22.7. The van der Waals surface area contributed by atoms with E-state index in [-0.39, 0.29) is 0 Å². The molecule has 6 aromatic rings. The van der Waals surface area contributed by atoms with Crippen molar-refractivity contribution in [2.45, 2.75) is 22.5 Å². The normalized spacial score (nSPS) is 18.9. The zero-order valence-electron chi connectivity index (χ0n) is 21.9. The van der Waals surface area contributed by atoms with E-state index in [0.29, 0.717) is 11.2 Å². The van der Waals surface area contributed by atoms with Crippen molar-refractivity contribution in [3.05, 3.63) is 132 Å². The monoisotopic (exact) mass is 530 g/mol. The number of hydrogen-bond acceptors (Lipinski definition) is 2. The van der Waals surface area contributed by atoms with Gasteiger partial charge < -0.3 is 4.57 Å². The predicted molar refractivity (Wildman–Crippen MR) is 171 cm³/mol. The average Bonchev–Trinajstić information content (AvgIpc) is 3.57. The Morgan fingerprint density at radius 1 is 0.750 bits per heavy atom. The van der Waals surface area contributed by atoms with Gasteiger partial charge in [0.15, 0.2) is 0 Å².